The van der Waals surface area contributed by atoms with Crippen LogP contribution in [0, 0.1) is 5.82 Å². The molecule has 4 rings (SSSR count). The van der Waals surface area contributed by atoms with Crippen LogP contribution in [0.2, 0.25) is 0 Å². The predicted octanol–water partition coefficient (Wildman–Crippen LogP) is 3.32. The van der Waals surface area contributed by atoms with E-state index in [1.807, 2.05) is 18.2 Å². The lowest BCUT2D eigenvalue weighted by atomic mass is 10.2. The molecule has 7 heteroatoms. The van der Waals surface area contributed by atoms with Gasteiger partial charge in [0.2, 0.25) is 6.23 Å². The molecule has 2 aromatic carbocycles. The SMILES string of the molecule is Fc1cccc(NC2=NC=NC3Oc4ccc(Br)cc4CNC23)c1. The van der Waals surface area contributed by atoms with Crippen molar-refractivity contribution in [3.05, 3.63) is 58.3 Å². The third kappa shape index (κ3) is 3.05. The van der Waals surface area contributed by atoms with Crippen LogP contribution in [-0.4, -0.2) is 24.4 Å². The fourth-order valence-electron chi connectivity index (χ4n) is 2.73. The van der Waals surface area contributed by atoms with Crippen molar-refractivity contribution in [1.29, 1.82) is 0 Å². The molecule has 0 aromatic heterocycles. The predicted molar refractivity (Wildman–Crippen MR) is 95.1 cm³/mol. The lowest BCUT2D eigenvalue weighted by Gasteiger charge is -2.27. The Balaban J connectivity index is 1.59. The minimum Gasteiger partial charge on any atom is -0.466 e. The topological polar surface area (TPSA) is 58.0 Å². The maximum atomic E-state index is 13.4. The Labute approximate surface area is 146 Å². The standard InChI is InChI=1S/C17H14BrFN4O/c18-11-4-5-14-10(6-11)8-20-15-16(21-9-22-17(15)24-14)23-13-3-1-2-12(19)7-13/h1-7,9,15,17,20H,8H2,(H,21,22,23). The normalized spacial score (nSPS) is 21.8. The van der Waals surface area contributed by atoms with E-state index in [4.69, 9.17) is 4.74 Å². The lowest BCUT2D eigenvalue weighted by molar-refractivity contribution is 0.196. The van der Waals surface area contributed by atoms with Gasteiger partial charge in [0.05, 0.1) is 0 Å². The molecule has 0 saturated carbocycles. The van der Waals surface area contributed by atoms with Crippen LogP contribution in [0.5, 0.6) is 5.75 Å². The molecule has 122 valence electrons. The number of halogens is 2. The summed E-state index contributed by atoms with van der Waals surface area (Å²) in [6, 6.07) is 11.9. The van der Waals surface area contributed by atoms with Crippen molar-refractivity contribution in [2.45, 2.75) is 18.8 Å². The Morgan fingerprint density at radius 3 is 3.04 bits per heavy atom. The van der Waals surface area contributed by atoms with Crippen LogP contribution >= 0.6 is 15.9 Å². The number of amidine groups is 1. The molecule has 0 fully saturated rings. The van der Waals surface area contributed by atoms with Gasteiger partial charge >= 0.3 is 0 Å². The van der Waals surface area contributed by atoms with Gasteiger partial charge in [0.1, 0.15) is 29.8 Å². The van der Waals surface area contributed by atoms with E-state index in [9.17, 15) is 4.39 Å². The molecule has 2 aliphatic heterocycles. The van der Waals surface area contributed by atoms with Crippen LogP contribution in [-0.2, 0) is 6.54 Å². The fourth-order valence-corrected chi connectivity index (χ4v) is 3.14. The number of nitrogens with one attached hydrogen (secondary N) is 2. The number of ether oxygens (including phenoxy) is 1. The van der Waals surface area contributed by atoms with Gasteiger partial charge in [-0.3, -0.25) is 5.32 Å². The number of rotatable bonds is 1. The summed E-state index contributed by atoms with van der Waals surface area (Å²) >= 11 is 3.47. The van der Waals surface area contributed by atoms with E-state index in [0.29, 0.717) is 18.1 Å². The molecule has 5 nitrogen and oxygen atoms in total. The second-order valence-corrected chi connectivity index (χ2v) is 6.45. The summed E-state index contributed by atoms with van der Waals surface area (Å²) in [6.07, 6.45) is 1.04. The highest BCUT2D eigenvalue weighted by molar-refractivity contribution is 9.10. The average molecular weight is 389 g/mol. The molecular weight excluding hydrogens is 375 g/mol. The lowest BCUT2D eigenvalue weighted by Crippen LogP contribution is -2.50. The monoisotopic (exact) mass is 388 g/mol. The Kier molecular flexibility index (Phi) is 4.03. The average Bonchev–Trinajstić information content (AvgIpc) is 2.74. The largest absolute Gasteiger partial charge is 0.466 e. The number of aliphatic imine (C=N–C) groups is 2. The smallest absolute Gasteiger partial charge is 0.213 e. The first-order valence-corrected chi connectivity index (χ1v) is 8.29. The highest BCUT2D eigenvalue weighted by atomic mass is 79.9. The first kappa shape index (κ1) is 15.3. The summed E-state index contributed by atoms with van der Waals surface area (Å²) in [4.78, 5) is 8.62. The highest BCUT2D eigenvalue weighted by Gasteiger charge is 2.32. The maximum absolute atomic E-state index is 13.4. The van der Waals surface area contributed by atoms with Gasteiger partial charge in [-0.1, -0.05) is 22.0 Å². The maximum Gasteiger partial charge on any atom is 0.213 e. The number of nitrogens with zero attached hydrogens (tertiary/aromatic N) is 2. The second-order valence-electron chi connectivity index (χ2n) is 5.53. The summed E-state index contributed by atoms with van der Waals surface area (Å²) < 4.78 is 20.4. The van der Waals surface area contributed by atoms with E-state index in [2.05, 4.69) is 36.5 Å². The van der Waals surface area contributed by atoms with E-state index < -0.39 is 6.23 Å². The van der Waals surface area contributed by atoms with Crippen molar-refractivity contribution in [3.63, 3.8) is 0 Å². The van der Waals surface area contributed by atoms with Gasteiger partial charge in [0, 0.05) is 22.3 Å². The molecule has 2 aliphatic rings. The van der Waals surface area contributed by atoms with Crippen LogP contribution in [0.15, 0.2) is 56.9 Å². The molecule has 0 bridgehead atoms. The number of anilines is 1. The number of benzene rings is 2. The summed E-state index contributed by atoms with van der Waals surface area (Å²) in [5.41, 5.74) is 1.67. The second kappa shape index (κ2) is 6.33. The molecule has 24 heavy (non-hydrogen) atoms. The van der Waals surface area contributed by atoms with Crippen molar-refractivity contribution in [1.82, 2.24) is 5.32 Å². The zero-order chi connectivity index (χ0) is 16.5. The van der Waals surface area contributed by atoms with Gasteiger partial charge in [0.25, 0.3) is 0 Å². The van der Waals surface area contributed by atoms with Crippen LogP contribution in [0.3, 0.4) is 0 Å². The van der Waals surface area contributed by atoms with Gasteiger partial charge in [-0.05, 0) is 36.4 Å². The van der Waals surface area contributed by atoms with E-state index in [-0.39, 0.29) is 11.9 Å². The molecule has 0 amide bonds. The van der Waals surface area contributed by atoms with E-state index in [1.54, 1.807) is 12.1 Å². The first-order valence-electron chi connectivity index (χ1n) is 7.49. The molecule has 0 saturated heterocycles. The van der Waals surface area contributed by atoms with Crippen molar-refractivity contribution in [3.8, 4) is 5.75 Å². The molecule has 2 heterocycles. The quantitative estimate of drug-likeness (QED) is 0.787. The molecule has 0 spiro atoms. The minimum absolute atomic E-state index is 0.246. The van der Waals surface area contributed by atoms with Crippen LogP contribution < -0.4 is 15.4 Å². The molecule has 0 aliphatic carbocycles. The summed E-state index contributed by atoms with van der Waals surface area (Å²) in [5, 5.41) is 6.56. The number of hydrogen-bond acceptors (Lipinski definition) is 5. The molecule has 2 unspecified atom stereocenters. The Bertz CT molecular complexity index is 839. The van der Waals surface area contributed by atoms with Gasteiger partial charge < -0.3 is 10.1 Å². The third-order valence-electron chi connectivity index (χ3n) is 3.87. The van der Waals surface area contributed by atoms with Crippen LogP contribution in [0.25, 0.3) is 0 Å². The van der Waals surface area contributed by atoms with Gasteiger partial charge in [-0.2, -0.15) is 0 Å². The molecule has 2 N–H and O–H groups in total. The zero-order valence-electron chi connectivity index (χ0n) is 12.5. The van der Waals surface area contributed by atoms with Crippen molar-refractivity contribution >= 4 is 33.8 Å². The minimum atomic E-state index is -0.430. The van der Waals surface area contributed by atoms with E-state index in [1.165, 1.54) is 18.5 Å². The van der Waals surface area contributed by atoms with E-state index in [0.717, 1.165) is 15.8 Å². The summed E-state index contributed by atoms with van der Waals surface area (Å²) in [7, 11) is 0. The van der Waals surface area contributed by atoms with Gasteiger partial charge in [0.15, 0.2) is 0 Å². The third-order valence-corrected chi connectivity index (χ3v) is 4.36. The fraction of sp³-hybridized carbons (Fsp3) is 0.176. The molecule has 0 radical (unpaired) electrons. The van der Waals surface area contributed by atoms with Crippen LogP contribution in [0.4, 0.5) is 10.1 Å². The molecule has 2 aromatic rings. The van der Waals surface area contributed by atoms with Crippen molar-refractivity contribution in [2.24, 2.45) is 9.98 Å². The number of fused-ring (bicyclic) bond motifs is 2. The van der Waals surface area contributed by atoms with E-state index >= 15 is 0 Å². The Hall–Kier alpha value is -2.25. The number of hydrogen-bond donors (Lipinski definition) is 2. The zero-order valence-corrected chi connectivity index (χ0v) is 14.1. The van der Waals surface area contributed by atoms with Crippen molar-refractivity contribution < 1.29 is 9.13 Å². The Morgan fingerprint density at radius 2 is 2.17 bits per heavy atom. The van der Waals surface area contributed by atoms with Gasteiger partial charge in [-0.15, -0.1) is 0 Å². The van der Waals surface area contributed by atoms with Gasteiger partial charge in [-0.25, -0.2) is 14.4 Å². The summed E-state index contributed by atoms with van der Waals surface area (Å²) in [6.45, 7) is 0.620. The molecular formula is C17H14BrFN4O. The Morgan fingerprint density at radius 1 is 1.25 bits per heavy atom. The highest BCUT2D eigenvalue weighted by Crippen LogP contribution is 2.28. The van der Waals surface area contributed by atoms with Crippen LogP contribution in [0.1, 0.15) is 5.56 Å². The van der Waals surface area contributed by atoms with Crippen molar-refractivity contribution in [2.75, 3.05) is 5.32 Å². The first-order chi connectivity index (χ1) is 11.7. The molecule has 2 atom stereocenters. The summed E-state index contributed by atoms with van der Waals surface area (Å²) in [5.74, 6) is 1.14.